The molecule has 80 valence electrons. The van der Waals surface area contributed by atoms with Gasteiger partial charge in [-0.15, -0.1) is 0 Å². The molecule has 2 aromatic rings. The second-order valence-corrected chi connectivity index (χ2v) is 4.93. The zero-order valence-corrected chi connectivity index (χ0v) is 10.5. The van der Waals surface area contributed by atoms with Gasteiger partial charge in [0.1, 0.15) is 4.83 Å². The van der Waals surface area contributed by atoms with Crippen molar-refractivity contribution < 1.29 is 0 Å². The molecule has 0 unspecified atom stereocenters. The minimum atomic E-state index is 0.480. The molecule has 15 heavy (non-hydrogen) atoms. The highest BCUT2D eigenvalue weighted by Crippen LogP contribution is 2.30. The molecular formula is C12H16N2S. The highest BCUT2D eigenvalue weighted by molar-refractivity contribution is 7.13. The van der Waals surface area contributed by atoms with Crippen molar-refractivity contribution in [3.05, 3.63) is 23.0 Å². The zero-order chi connectivity index (χ0) is 11.0. The second-order valence-electron chi connectivity index (χ2n) is 4.18. The number of rotatable bonds is 2. The molecule has 0 saturated carbocycles. The number of aryl methyl sites for hydroxylation is 2. The van der Waals surface area contributed by atoms with E-state index in [1.54, 1.807) is 0 Å². The fourth-order valence-electron chi connectivity index (χ4n) is 1.86. The lowest BCUT2D eigenvalue weighted by Gasteiger charge is -2.05. The van der Waals surface area contributed by atoms with E-state index in [2.05, 4.69) is 36.2 Å². The molecule has 0 fully saturated rings. The van der Waals surface area contributed by atoms with Gasteiger partial charge in [-0.25, -0.2) is 4.98 Å². The van der Waals surface area contributed by atoms with Gasteiger partial charge in [-0.1, -0.05) is 20.8 Å². The maximum absolute atomic E-state index is 4.54. The van der Waals surface area contributed by atoms with Crippen LogP contribution in [0.5, 0.6) is 0 Å². The van der Waals surface area contributed by atoms with Crippen LogP contribution in [0.25, 0.3) is 10.2 Å². The summed E-state index contributed by atoms with van der Waals surface area (Å²) in [6, 6.07) is 2.18. The van der Waals surface area contributed by atoms with E-state index in [4.69, 9.17) is 0 Å². The van der Waals surface area contributed by atoms with Crippen LogP contribution in [0.3, 0.4) is 0 Å². The van der Waals surface area contributed by atoms with Crippen LogP contribution < -0.4 is 0 Å². The van der Waals surface area contributed by atoms with Crippen molar-refractivity contribution in [1.82, 2.24) is 9.36 Å². The highest BCUT2D eigenvalue weighted by atomic mass is 32.1. The monoisotopic (exact) mass is 220 g/mol. The average Bonchev–Trinajstić information content (AvgIpc) is 2.59. The molecule has 0 aliphatic carbocycles. The molecule has 0 aliphatic heterocycles. The predicted octanol–water partition coefficient (Wildman–Crippen LogP) is 3.69. The molecule has 0 aliphatic rings. The van der Waals surface area contributed by atoms with Crippen LogP contribution in [-0.2, 0) is 6.42 Å². The average molecular weight is 220 g/mol. The Hall–Kier alpha value is -0.960. The van der Waals surface area contributed by atoms with Crippen LogP contribution in [-0.4, -0.2) is 9.36 Å². The van der Waals surface area contributed by atoms with E-state index in [0.717, 1.165) is 16.9 Å². The Bertz CT molecular complexity index is 486. The molecule has 2 rings (SSSR count). The van der Waals surface area contributed by atoms with Crippen molar-refractivity contribution in [1.29, 1.82) is 0 Å². The van der Waals surface area contributed by atoms with Crippen LogP contribution in [0.15, 0.2) is 6.07 Å². The van der Waals surface area contributed by atoms with Crippen molar-refractivity contribution >= 4 is 21.7 Å². The summed E-state index contributed by atoms with van der Waals surface area (Å²) in [7, 11) is 0. The normalized spacial score (nSPS) is 11.5. The van der Waals surface area contributed by atoms with Gasteiger partial charge in [0.25, 0.3) is 0 Å². The van der Waals surface area contributed by atoms with E-state index >= 15 is 0 Å². The molecule has 2 nitrogen and oxygen atoms in total. The van der Waals surface area contributed by atoms with Gasteiger partial charge < -0.3 is 0 Å². The minimum Gasteiger partial charge on any atom is -0.241 e. The van der Waals surface area contributed by atoms with Crippen molar-refractivity contribution in [3.63, 3.8) is 0 Å². The largest absolute Gasteiger partial charge is 0.241 e. The summed E-state index contributed by atoms with van der Waals surface area (Å²) in [5.41, 5.74) is 3.69. The third-order valence-corrected chi connectivity index (χ3v) is 3.37. The Kier molecular flexibility index (Phi) is 2.74. The topological polar surface area (TPSA) is 25.8 Å². The van der Waals surface area contributed by atoms with Crippen LogP contribution in [0.4, 0.5) is 0 Å². The van der Waals surface area contributed by atoms with E-state index in [9.17, 15) is 0 Å². The second kappa shape index (κ2) is 3.89. The van der Waals surface area contributed by atoms with Gasteiger partial charge in [-0.05, 0) is 42.4 Å². The lowest BCUT2D eigenvalue weighted by Crippen LogP contribution is -1.93. The Morgan fingerprint density at radius 1 is 1.40 bits per heavy atom. The molecule has 0 bridgehead atoms. The van der Waals surface area contributed by atoms with Gasteiger partial charge in [0.05, 0.1) is 5.69 Å². The fourth-order valence-corrected chi connectivity index (χ4v) is 2.86. The first-order chi connectivity index (χ1) is 7.13. The molecule has 0 saturated heterocycles. The molecule has 0 amide bonds. The van der Waals surface area contributed by atoms with Gasteiger partial charge in [-0.2, -0.15) is 4.37 Å². The van der Waals surface area contributed by atoms with Crippen molar-refractivity contribution in [2.24, 2.45) is 0 Å². The number of nitrogens with zero attached hydrogens (tertiary/aromatic N) is 2. The molecule has 0 spiro atoms. The first kappa shape index (κ1) is 10.6. The van der Waals surface area contributed by atoms with Crippen molar-refractivity contribution in [2.75, 3.05) is 0 Å². The van der Waals surface area contributed by atoms with E-state index in [-0.39, 0.29) is 0 Å². The summed E-state index contributed by atoms with van der Waals surface area (Å²) < 4.78 is 4.52. The lowest BCUT2D eigenvalue weighted by molar-refractivity contribution is 0.847. The Morgan fingerprint density at radius 3 is 2.73 bits per heavy atom. The fraction of sp³-hybridized carbons (Fsp3) is 0.500. The van der Waals surface area contributed by atoms with E-state index in [1.807, 2.05) is 6.92 Å². The summed E-state index contributed by atoms with van der Waals surface area (Å²) in [5, 5.41) is 1.29. The maximum Gasteiger partial charge on any atom is 0.144 e. The number of aromatic nitrogens is 2. The van der Waals surface area contributed by atoms with Gasteiger partial charge in [-0.3, -0.25) is 0 Å². The van der Waals surface area contributed by atoms with Gasteiger partial charge >= 0.3 is 0 Å². The molecule has 0 aromatic carbocycles. The Balaban J connectivity index is 2.77. The molecular weight excluding hydrogens is 204 g/mol. The Morgan fingerprint density at radius 2 is 2.13 bits per heavy atom. The SMILES string of the molecule is CCc1cc(C)nc2snc(C(C)C)c12. The first-order valence-corrected chi connectivity index (χ1v) is 6.16. The number of hydrogen-bond acceptors (Lipinski definition) is 3. The van der Waals surface area contributed by atoms with Crippen LogP contribution in [0.1, 0.15) is 43.6 Å². The van der Waals surface area contributed by atoms with Gasteiger partial charge in [0, 0.05) is 11.1 Å². The number of hydrogen-bond donors (Lipinski definition) is 0. The standard InChI is InChI=1S/C12H16N2S/c1-5-9-6-8(4)13-12-10(9)11(7(2)3)14-15-12/h6-7H,5H2,1-4H3. The van der Waals surface area contributed by atoms with E-state index < -0.39 is 0 Å². The third-order valence-electron chi connectivity index (χ3n) is 2.61. The summed E-state index contributed by atoms with van der Waals surface area (Å²) in [5.74, 6) is 0.480. The number of fused-ring (bicyclic) bond motifs is 1. The third kappa shape index (κ3) is 1.76. The van der Waals surface area contributed by atoms with Crippen molar-refractivity contribution in [3.8, 4) is 0 Å². The molecule has 2 heterocycles. The summed E-state index contributed by atoms with van der Waals surface area (Å²) in [6.07, 6.45) is 1.05. The Labute approximate surface area is 94.5 Å². The smallest absolute Gasteiger partial charge is 0.144 e. The van der Waals surface area contributed by atoms with Gasteiger partial charge in [0.2, 0.25) is 0 Å². The maximum atomic E-state index is 4.54. The summed E-state index contributed by atoms with van der Waals surface area (Å²) in [6.45, 7) is 8.62. The zero-order valence-electron chi connectivity index (χ0n) is 9.66. The number of pyridine rings is 1. The quantitative estimate of drug-likeness (QED) is 0.771. The van der Waals surface area contributed by atoms with Gasteiger partial charge in [0.15, 0.2) is 0 Å². The molecule has 0 radical (unpaired) electrons. The molecule has 0 N–H and O–H groups in total. The van der Waals surface area contributed by atoms with Crippen molar-refractivity contribution in [2.45, 2.75) is 40.0 Å². The van der Waals surface area contributed by atoms with E-state index in [1.165, 1.54) is 28.2 Å². The molecule has 0 atom stereocenters. The summed E-state index contributed by atoms with van der Waals surface area (Å²) >= 11 is 1.52. The first-order valence-electron chi connectivity index (χ1n) is 5.39. The van der Waals surface area contributed by atoms with Crippen LogP contribution in [0, 0.1) is 6.92 Å². The van der Waals surface area contributed by atoms with E-state index in [0.29, 0.717) is 5.92 Å². The van der Waals surface area contributed by atoms with Crippen LogP contribution >= 0.6 is 11.5 Å². The predicted molar refractivity (Wildman–Crippen MR) is 65.6 cm³/mol. The molecule has 3 heteroatoms. The molecule has 2 aromatic heterocycles. The summed E-state index contributed by atoms with van der Waals surface area (Å²) in [4.78, 5) is 5.64. The highest BCUT2D eigenvalue weighted by Gasteiger charge is 2.14. The lowest BCUT2D eigenvalue weighted by atomic mass is 10.0. The minimum absolute atomic E-state index is 0.480. The van der Waals surface area contributed by atoms with Crippen LogP contribution in [0.2, 0.25) is 0 Å².